The molecule has 1 saturated heterocycles. The second-order valence-corrected chi connectivity index (χ2v) is 11.0. The van der Waals surface area contributed by atoms with Crippen molar-refractivity contribution in [2.75, 3.05) is 52.7 Å². The molecule has 13 heteroatoms. The van der Waals surface area contributed by atoms with Crippen molar-refractivity contribution in [2.45, 2.75) is 19.0 Å². The lowest BCUT2D eigenvalue weighted by Crippen LogP contribution is -2.38. The van der Waals surface area contributed by atoms with Crippen molar-refractivity contribution in [1.82, 2.24) is 14.9 Å². The number of fused-ring (bicyclic) bond motifs is 3. The zero-order valence-corrected chi connectivity index (χ0v) is 24.8. The number of carbonyl (C=O) groups excluding carboxylic acids is 1. The molecule has 0 spiro atoms. The van der Waals surface area contributed by atoms with E-state index in [1.54, 1.807) is 30.3 Å². The summed E-state index contributed by atoms with van der Waals surface area (Å²) in [5, 5.41) is 0.131. The highest BCUT2D eigenvalue weighted by atomic mass is 35.5. The number of aromatic nitrogens is 2. The Morgan fingerprint density at radius 3 is 2.38 bits per heavy atom. The van der Waals surface area contributed by atoms with Crippen LogP contribution in [-0.4, -0.2) is 73.3 Å². The summed E-state index contributed by atoms with van der Waals surface area (Å²) in [5.74, 6) is 1.90. The van der Waals surface area contributed by atoms with Gasteiger partial charge < -0.3 is 23.7 Å². The Hall–Kier alpha value is -4.13. The summed E-state index contributed by atoms with van der Waals surface area (Å²) in [6, 6.07) is 12.1. The molecule has 1 fully saturated rings. The van der Waals surface area contributed by atoms with E-state index >= 15 is 0 Å². The van der Waals surface area contributed by atoms with Gasteiger partial charge in [-0.25, -0.2) is 9.97 Å². The lowest BCUT2D eigenvalue weighted by Gasteiger charge is -2.27. The lowest BCUT2D eigenvalue weighted by molar-refractivity contribution is -0.137. The number of hydrogen-bond donors (Lipinski definition) is 0. The Labute approximate surface area is 261 Å². The van der Waals surface area contributed by atoms with Crippen molar-refractivity contribution in [2.24, 2.45) is 0 Å². The van der Waals surface area contributed by atoms with E-state index in [1.807, 2.05) is 0 Å². The first-order valence-electron chi connectivity index (χ1n) is 14.4. The third-order valence-electron chi connectivity index (χ3n) is 7.39. The number of hydrogen-bond acceptors (Lipinski definition) is 9. The zero-order valence-electron chi connectivity index (χ0n) is 24.1. The fourth-order valence-corrected chi connectivity index (χ4v) is 5.41. The molecule has 0 aliphatic carbocycles. The molecule has 0 unspecified atom stereocenters. The van der Waals surface area contributed by atoms with E-state index in [2.05, 4.69) is 14.9 Å². The zero-order chi connectivity index (χ0) is 31.4. The molecular formula is C32H29ClF3N3O6. The molecule has 0 amide bonds. The highest BCUT2D eigenvalue weighted by Gasteiger charge is 2.33. The molecule has 6 rings (SSSR count). The van der Waals surface area contributed by atoms with E-state index in [9.17, 15) is 18.0 Å². The van der Waals surface area contributed by atoms with Gasteiger partial charge in [-0.15, -0.1) is 0 Å². The molecule has 3 heterocycles. The van der Waals surface area contributed by atoms with Crippen LogP contribution in [0.1, 0.15) is 16.7 Å². The summed E-state index contributed by atoms with van der Waals surface area (Å²) in [4.78, 5) is 23.7. The molecule has 0 N–H and O–H groups in total. The molecular weight excluding hydrogens is 615 g/mol. The van der Waals surface area contributed by atoms with Gasteiger partial charge in [0.25, 0.3) is 0 Å². The lowest BCUT2D eigenvalue weighted by atomic mass is 10.0. The van der Waals surface area contributed by atoms with Crippen molar-refractivity contribution in [3.63, 3.8) is 0 Å². The first kappa shape index (κ1) is 30.9. The maximum absolute atomic E-state index is 13.2. The van der Waals surface area contributed by atoms with Crippen molar-refractivity contribution >= 4 is 28.3 Å². The van der Waals surface area contributed by atoms with Crippen LogP contribution < -0.4 is 18.9 Å². The summed E-state index contributed by atoms with van der Waals surface area (Å²) in [6.45, 7) is 5.05. The number of Topliss-reactive ketones (excluding diaryl/α,β-unsaturated/α-hetero) is 1. The first-order chi connectivity index (χ1) is 21.7. The van der Waals surface area contributed by atoms with Crippen LogP contribution in [0.25, 0.3) is 10.9 Å². The van der Waals surface area contributed by atoms with E-state index in [0.717, 1.165) is 31.8 Å². The van der Waals surface area contributed by atoms with Crippen molar-refractivity contribution in [3.05, 3.63) is 76.6 Å². The molecule has 2 aliphatic rings. The Balaban J connectivity index is 1.14. The van der Waals surface area contributed by atoms with E-state index in [-0.39, 0.29) is 30.1 Å². The van der Waals surface area contributed by atoms with E-state index in [4.69, 9.17) is 35.3 Å². The minimum atomic E-state index is -4.60. The number of benzene rings is 3. The maximum atomic E-state index is 13.2. The minimum Gasteiger partial charge on any atom is -0.488 e. The highest BCUT2D eigenvalue weighted by molar-refractivity contribution is 6.31. The average molecular weight is 644 g/mol. The number of nitrogens with zero attached hydrogens (tertiary/aromatic N) is 3. The van der Waals surface area contributed by atoms with Crippen LogP contribution in [0.5, 0.6) is 28.9 Å². The van der Waals surface area contributed by atoms with E-state index < -0.39 is 16.8 Å². The Kier molecular flexibility index (Phi) is 9.24. The molecule has 45 heavy (non-hydrogen) atoms. The van der Waals surface area contributed by atoms with Gasteiger partial charge in [0.15, 0.2) is 11.5 Å². The summed E-state index contributed by atoms with van der Waals surface area (Å²) < 4.78 is 69.1. The molecule has 0 saturated carbocycles. The topological polar surface area (TPSA) is 92.2 Å². The number of ketones is 1. The van der Waals surface area contributed by atoms with Gasteiger partial charge in [-0.2, -0.15) is 13.2 Å². The predicted molar refractivity (Wildman–Crippen MR) is 159 cm³/mol. The standard InChI is InChI=1S/C32H29ClF3N3O6/c33-25-6-3-21(17-24(25)32(34,35)36)16-22(40)15-20-1-4-23(5-2-20)45-31-28-26(37-19-38-31)18-27(29-30(28)44-14-13-43-29)42-12-9-39-7-10-41-11-8-39/h1-6,17-19H,7-16H2. The summed E-state index contributed by atoms with van der Waals surface area (Å²) in [7, 11) is 0. The van der Waals surface area contributed by atoms with E-state index in [1.165, 1.54) is 12.4 Å². The largest absolute Gasteiger partial charge is 0.488 e. The summed E-state index contributed by atoms with van der Waals surface area (Å²) in [6.07, 6.45) is -3.33. The second-order valence-electron chi connectivity index (χ2n) is 10.6. The van der Waals surface area contributed by atoms with Gasteiger partial charge in [0.05, 0.1) is 29.3 Å². The van der Waals surface area contributed by atoms with Gasteiger partial charge in [-0.1, -0.05) is 29.8 Å². The predicted octanol–water partition coefficient (Wildman–Crippen LogP) is 5.93. The number of rotatable bonds is 10. The normalized spacial score (nSPS) is 15.2. The molecule has 1 aromatic heterocycles. The third kappa shape index (κ3) is 7.41. The Morgan fingerprint density at radius 1 is 0.911 bits per heavy atom. The maximum Gasteiger partial charge on any atom is 0.417 e. The van der Waals surface area contributed by atoms with Gasteiger partial charge in [-0.3, -0.25) is 9.69 Å². The van der Waals surface area contributed by atoms with Crippen LogP contribution in [0.3, 0.4) is 0 Å². The van der Waals surface area contributed by atoms with Gasteiger partial charge in [-0.05, 0) is 35.4 Å². The van der Waals surface area contributed by atoms with Crippen molar-refractivity contribution in [3.8, 4) is 28.9 Å². The fourth-order valence-electron chi connectivity index (χ4n) is 5.18. The smallest absolute Gasteiger partial charge is 0.417 e. The number of morpholine rings is 1. The monoisotopic (exact) mass is 643 g/mol. The molecule has 0 bridgehead atoms. The third-order valence-corrected chi connectivity index (χ3v) is 7.72. The number of halogens is 4. The molecule has 236 valence electrons. The molecule has 0 radical (unpaired) electrons. The fraction of sp³-hybridized carbons (Fsp3) is 0.344. The van der Waals surface area contributed by atoms with Gasteiger partial charge in [0, 0.05) is 38.5 Å². The van der Waals surface area contributed by atoms with Crippen molar-refractivity contribution < 1.29 is 41.7 Å². The summed E-state index contributed by atoms with van der Waals surface area (Å²) >= 11 is 5.69. The van der Waals surface area contributed by atoms with Crippen LogP contribution >= 0.6 is 11.6 Å². The molecule has 2 aliphatic heterocycles. The minimum absolute atomic E-state index is 0.0354. The number of carbonyl (C=O) groups is 1. The van der Waals surface area contributed by atoms with Gasteiger partial charge in [0.1, 0.15) is 43.1 Å². The molecule has 9 nitrogen and oxygen atoms in total. The second kappa shape index (κ2) is 13.5. The molecule has 4 aromatic rings. The quantitative estimate of drug-likeness (QED) is 0.208. The average Bonchev–Trinajstić information content (AvgIpc) is 3.03. The van der Waals surface area contributed by atoms with E-state index in [0.29, 0.717) is 72.5 Å². The van der Waals surface area contributed by atoms with Gasteiger partial charge in [0.2, 0.25) is 11.6 Å². The number of alkyl halides is 3. The summed E-state index contributed by atoms with van der Waals surface area (Å²) in [5.41, 5.74) is 0.521. The van der Waals surface area contributed by atoms with Crippen LogP contribution in [0.4, 0.5) is 13.2 Å². The molecule has 0 atom stereocenters. The van der Waals surface area contributed by atoms with Crippen LogP contribution in [-0.2, 0) is 28.5 Å². The van der Waals surface area contributed by atoms with Crippen LogP contribution in [0.2, 0.25) is 5.02 Å². The molecule has 3 aromatic carbocycles. The van der Waals surface area contributed by atoms with Gasteiger partial charge >= 0.3 is 6.18 Å². The Bertz CT molecular complexity index is 1680. The van der Waals surface area contributed by atoms with Crippen molar-refractivity contribution in [1.29, 1.82) is 0 Å². The van der Waals surface area contributed by atoms with Crippen LogP contribution in [0, 0.1) is 0 Å². The number of ether oxygens (including phenoxy) is 5. The first-order valence-corrected chi connectivity index (χ1v) is 14.8. The van der Waals surface area contributed by atoms with Crippen LogP contribution in [0.15, 0.2) is 54.9 Å². The SMILES string of the molecule is O=C(Cc1ccc(Oc2ncnc3cc(OCCN4CCOCC4)c4c(c23)OCCO4)cc1)Cc1ccc(Cl)c(C(F)(F)F)c1. The highest BCUT2D eigenvalue weighted by Crippen LogP contribution is 2.47. The Morgan fingerprint density at radius 2 is 1.62 bits per heavy atom.